The highest BCUT2D eigenvalue weighted by Crippen LogP contribution is 2.11. The standard InChI is InChI=1S/C15H22N6O/c1-3-21-12-14(9-17-21)15(22)20-6-4-19(5-7-20)11-13-8-16-18(2)10-13/h8-10,12H,3-7,11H2,1-2H3. The van der Waals surface area contributed by atoms with Gasteiger partial charge >= 0.3 is 0 Å². The van der Waals surface area contributed by atoms with Crippen molar-refractivity contribution in [3.8, 4) is 0 Å². The highest BCUT2D eigenvalue weighted by atomic mass is 16.2. The molecule has 0 aromatic carbocycles. The van der Waals surface area contributed by atoms with E-state index >= 15 is 0 Å². The maximum Gasteiger partial charge on any atom is 0.257 e. The van der Waals surface area contributed by atoms with Crippen LogP contribution in [0.2, 0.25) is 0 Å². The van der Waals surface area contributed by atoms with Crippen molar-refractivity contribution in [2.75, 3.05) is 26.2 Å². The van der Waals surface area contributed by atoms with Crippen molar-refractivity contribution in [2.45, 2.75) is 20.0 Å². The largest absolute Gasteiger partial charge is 0.336 e. The molecule has 3 heterocycles. The van der Waals surface area contributed by atoms with Crippen LogP contribution in [0.5, 0.6) is 0 Å². The number of amides is 1. The SMILES string of the molecule is CCn1cc(C(=O)N2CCN(Cc3cnn(C)c3)CC2)cn1. The van der Waals surface area contributed by atoms with Crippen LogP contribution in [0.15, 0.2) is 24.8 Å². The van der Waals surface area contributed by atoms with Gasteiger partial charge in [-0.2, -0.15) is 10.2 Å². The van der Waals surface area contributed by atoms with E-state index < -0.39 is 0 Å². The quantitative estimate of drug-likeness (QED) is 0.829. The second-order valence-corrected chi connectivity index (χ2v) is 5.68. The third-order valence-electron chi connectivity index (χ3n) is 4.03. The molecule has 0 aliphatic carbocycles. The van der Waals surface area contributed by atoms with Crippen LogP contribution in [0.4, 0.5) is 0 Å². The van der Waals surface area contributed by atoms with Crippen molar-refractivity contribution in [1.82, 2.24) is 29.4 Å². The molecule has 7 nitrogen and oxygen atoms in total. The van der Waals surface area contributed by atoms with E-state index in [2.05, 4.69) is 15.1 Å². The highest BCUT2D eigenvalue weighted by molar-refractivity contribution is 5.93. The summed E-state index contributed by atoms with van der Waals surface area (Å²) in [5, 5.41) is 8.36. The van der Waals surface area contributed by atoms with Gasteiger partial charge in [0.25, 0.3) is 5.91 Å². The summed E-state index contributed by atoms with van der Waals surface area (Å²) in [7, 11) is 1.93. The molecule has 7 heteroatoms. The van der Waals surface area contributed by atoms with Crippen LogP contribution >= 0.6 is 0 Å². The Balaban J connectivity index is 1.53. The predicted molar refractivity (Wildman–Crippen MR) is 82.3 cm³/mol. The molecule has 118 valence electrons. The molecule has 0 N–H and O–H groups in total. The lowest BCUT2D eigenvalue weighted by molar-refractivity contribution is 0.0628. The first-order chi connectivity index (χ1) is 10.7. The van der Waals surface area contributed by atoms with Gasteiger partial charge in [-0.05, 0) is 6.92 Å². The van der Waals surface area contributed by atoms with Crippen molar-refractivity contribution < 1.29 is 4.79 Å². The predicted octanol–water partition coefficient (Wildman–Crippen LogP) is 0.594. The fourth-order valence-electron chi connectivity index (χ4n) is 2.75. The lowest BCUT2D eigenvalue weighted by atomic mass is 10.2. The molecule has 0 bridgehead atoms. The normalized spacial score (nSPS) is 16.2. The van der Waals surface area contributed by atoms with Gasteiger partial charge in [0.1, 0.15) is 0 Å². The number of carbonyl (C=O) groups excluding carboxylic acids is 1. The molecule has 22 heavy (non-hydrogen) atoms. The topological polar surface area (TPSA) is 59.2 Å². The number of carbonyl (C=O) groups is 1. The van der Waals surface area contributed by atoms with Gasteiger partial charge in [-0.15, -0.1) is 0 Å². The lowest BCUT2D eigenvalue weighted by Crippen LogP contribution is -2.48. The van der Waals surface area contributed by atoms with E-state index in [1.54, 1.807) is 10.9 Å². The molecule has 1 fully saturated rings. The van der Waals surface area contributed by atoms with Crippen molar-refractivity contribution in [3.05, 3.63) is 35.9 Å². The molecule has 0 unspecified atom stereocenters. The van der Waals surface area contributed by atoms with Gasteiger partial charge < -0.3 is 4.90 Å². The number of nitrogens with zero attached hydrogens (tertiary/aromatic N) is 6. The molecule has 1 aliphatic rings. The van der Waals surface area contributed by atoms with E-state index in [1.165, 1.54) is 5.56 Å². The summed E-state index contributed by atoms with van der Waals surface area (Å²) in [6.45, 7) is 6.99. The summed E-state index contributed by atoms with van der Waals surface area (Å²) in [4.78, 5) is 16.7. The van der Waals surface area contributed by atoms with E-state index in [-0.39, 0.29) is 5.91 Å². The summed E-state index contributed by atoms with van der Waals surface area (Å²) in [6.07, 6.45) is 7.42. The van der Waals surface area contributed by atoms with Crippen molar-refractivity contribution in [2.24, 2.45) is 7.05 Å². The molecule has 0 saturated carbocycles. The van der Waals surface area contributed by atoms with E-state index in [0.717, 1.165) is 39.3 Å². The van der Waals surface area contributed by atoms with Gasteiger partial charge in [0.15, 0.2) is 0 Å². The van der Waals surface area contributed by atoms with E-state index in [0.29, 0.717) is 5.56 Å². The van der Waals surface area contributed by atoms with Crippen molar-refractivity contribution in [3.63, 3.8) is 0 Å². The average molecular weight is 302 g/mol. The molecule has 3 rings (SSSR count). The highest BCUT2D eigenvalue weighted by Gasteiger charge is 2.23. The van der Waals surface area contributed by atoms with E-state index in [4.69, 9.17) is 0 Å². The Morgan fingerprint density at radius 1 is 1.14 bits per heavy atom. The Morgan fingerprint density at radius 2 is 1.91 bits per heavy atom. The minimum absolute atomic E-state index is 0.0840. The Hall–Kier alpha value is -2.15. The Morgan fingerprint density at radius 3 is 2.50 bits per heavy atom. The number of hydrogen-bond donors (Lipinski definition) is 0. The molecule has 0 atom stereocenters. The van der Waals surface area contributed by atoms with Gasteiger partial charge in [-0.1, -0.05) is 0 Å². The number of piperazine rings is 1. The molecule has 2 aromatic rings. The fraction of sp³-hybridized carbons (Fsp3) is 0.533. The average Bonchev–Trinajstić information content (AvgIpc) is 3.16. The van der Waals surface area contributed by atoms with Crippen molar-refractivity contribution >= 4 is 5.91 Å². The molecule has 1 aliphatic heterocycles. The molecule has 2 aromatic heterocycles. The number of aromatic nitrogens is 4. The van der Waals surface area contributed by atoms with Gasteiger partial charge in [0, 0.05) is 64.3 Å². The summed E-state index contributed by atoms with van der Waals surface area (Å²) < 4.78 is 3.60. The fourth-order valence-corrected chi connectivity index (χ4v) is 2.75. The number of aryl methyl sites for hydroxylation is 2. The second kappa shape index (κ2) is 6.31. The smallest absolute Gasteiger partial charge is 0.257 e. The Kier molecular flexibility index (Phi) is 4.24. The monoisotopic (exact) mass is 302 g/mol. The lowest BCUT2D eigenvalue weighted by Gasteiger charge is -2.34. The van der Waals surface area contributed by atoms with Gasteiger partial charge in [0.2, 0.25) is 0 Å². The maximum atomic E-state index is 12.4. The van der Waals surface area contributed by atoms with Gasteiger partial charge in [-0.3, -0.25) is 19.1 Å². The first-order valence-electron chi connectivity index (χ1n) is 7.67. The molecular formula is C15H22N6O. The van der Waals surface area contributed by atoms with Crippen LogP contribution in [0.25, 0.3) is 0 Å². The minimum Gasteiger partial charge on any atom is -0.336 e. The van der Waals surface area contributed by atoms with Gasteiger partial charge in [-0.25, -0.2) is 0 Å². The van der Waals surface area contributed by atoms with Crippen LogP contribution < -0.4 is 0 Å². The van der Waals surface area contributed by atoms with Crippen LogP contribution in [0.1, 0.15) is 22.8 Å². The summed E-state index contributed by atoms with van der Waals surface area (Å²) >= 11 is 0. The third kappa shape index (κ3) is 3.19. The maximum absolute atomic E-state index is 12.4. The Labute approximate surface area is 130 Å². The number of rotatable bonds is 4. The third-order valence-corrected chi connectivity index (χ3v) is 4.03. The van der Waals surface area contributed by atoms with Crippen LogP contribution in [0, 0.1) is 0 Å². The zero-order chi connectivity index (χ0) is 15.5. The van der Waals surface area contributed by atoms with E-state index in [1.807, 2.05) is 42.1 Å². The minimum atomic E-state index is 0.0840. The molecule has 1 amide bonds. The second-order valence-electron chi connectivity index (χ2n) is 5.68. The first kappa shape index (κ1) is 14.8. The molecule has 0 spiro atoms. The zero-order valence-electron chi connectivity index (χ0n) is 13.1. The summed E-state index contributed by atoms with van der Waals surface area (Å²) in [5.41, 5.74) is 1.90. The van der Waals surface area contributed by atoms with Crippen molar-refractivity contribution in [1.29, 1.82) is 0 Å². The Bertz CT molecular complexity index is 638. The summed E-state index contributed by atoms with van der Waals surface area (Å²) in [6, 6.07) is 0. The molecule has 1 saturated heterocycles. The molecular weight excluding hydrogens is 280 g/mol. The van der Waals surface area contributed by atoms with Gasteiger partial charge in [0.05, 0.1) is 18.0 Å². The summed E-state index contributed by atoms with van der Waals surface area (Å²) in [5.74, 6) is 0.0840. The molecule has 0 radical (unpaired) electrons. The van der Waals surface area contributed by atoms with Crippen LogP contribution in [-0.4, -0.2) is 61.4 Å². The zero-order valence-corrected chi connectivity index (χ0v) is 13.1. The first-order valence-corrected chi connectivity index (χ1v) is 7.67. The van der Waals surface area contributed by atoms with Crippen LogP contribution in [0.3, 0.4) is 0 Å². The van der Waals surface area contributed by atoms with E-state index in [9.17, 15) is 4.79 Å². The number of hydrogen-bond acceptors (Lipinski definition) is 4. The van der Waals surface area contributed by atoms with Crippen LogP contribution in [-0.2, 0) is 20.1 Å².